The minimum absolute atomic E-state index is 0.145. The third-order valence-electron chi connectivity index (χ3n) is 5.93. The molecule has 0 atom stereocenters. The number of hydrogen-bond acceptors (Lipinski definition) is 5. The number of amides is 1. The monoisotopic (exact) mass is 564 g/mol. The van der Waals surface area contributed by atoms with Gasteiger partial charge in [-0.05, 0) is 36.4 Å². The normalized spacial score (nSPS) is 10.7. The smallest absolute Gasteiger partial charge is 0.340 e. The molecule has 0 saturated carbocycles. The van der Waals surface area contributed by atoms with Gasteiger partial charge >= 0.3 is 5.97 Å². The molecule has 6 nitrogen and oxygen atoms in total. The number of Topliss-reactive ketones (excluding diaryl/α,β-unsaturated/α-hetero) is 1. The Morgan fingerprint density at radius 1 is 0.763 bits per heavy atom. The zero-order valence-corrected chi connectivity index (χ0v) is 21.6. The van der Waals surface area contributed by atoms with E-state index >= 15 is 0 Å². The SMILES string of the molecule is O=C(COC(=O)c1ccccc1NC(=O)c1cc(-c2ccccc2)nc2ccccc12)c1ccc(Br)cc1. The topological polar surface area (TPSA) is 85.4 Å². The molecule has 1 amide bonds. The second-order valence-electron chi connectivity index (χ2n) is 8.44. The Kier molecular flexibility index (Phi) is 7.38. The summed E-state index contributed by atoms with van der Waals surface area (Å²) in [5, 5.41) is 3.53. The Balaban J connectivity index is 1.39. The van der Waals surface area contributed by atoms with Gasteiger partial charge in [-0.25, -0.2) is 9.78 Å². The first-order valence-electron chi connectivity index (χ1n) is 11.8. The number of pyridine rings is 1. The summed E-state index contributed by atoms with van der Waals surface area (Å²) < 4.78 is 6.13. The third-order valence-corrected chi connectivity index (χ3v) is 6.45. The van der Waals surface area contributed by atoms with Gasteiger partial charge in [0, 0.05) is 21.0 Å². The molecule has 5 aromatic rings. The number of aromatic nitrogens is 1. The maximum Gasteiger partial charge on any atom is 0.340 e. The highest BCUT2D eigenvalue weighted by Gasteiger charge is 2.19. The van der Waals surface area contributed by atoms with Crippen LogP contribution in [0.5, 0.6) is 0 Å². The molecule has 0 aliphatic carbocycles. The first-order valence-corrected chi connectivity index (χ1v) is 12.6. The van der Waals surface area contributed by atoms with Crippen molar-refractivity contribution in [3.8, 4) is 11.3 Å². The number of halogens is 1. The molecule has 1 N–H and O–H groups in total. The Labute approximate surface area is 227 Å². The highest BCUT2D eigenvalue weighted by molar-refractivity contribution is 9.10. The Morgan fingerprint density at radius 3 is 2.24 bits per heavy atom. The average Bonchev–Trinajstić information content (AvgIpc) is 2.96. The van der Waals surface area contributed by atoms with Gasteiger partial charge in [-0.15, -0.1) is 0 Å². The van der Waals surface area contributed by atoms with E-state index in [-0.39, 0.29) is 17.0 Å². The summed E-state index contributed by atoms with van der Waals surface area (Å²) >= 11 is 3.33. The van der Waals surface area contributed by atoms with Crippen LogP contribution in [-0.4, -0.2) is 29.3 Å². The standard InChI is InChI=1S/C31H21BrN2O4/c32-22-16-14-21(15-17-22)29(35)19-38-31(37)24-11-5-7-13-27(24)34-30(36)25-18-28(20-8-2-1-3-9-20)33-26-12-6-4-10-23(25)26/h1-18H,19H2,(H,34,36). The lowest BCUT2D eigenvalue weighted by atomic mass is 10.0. The molecule has 0 unspecified atom stereocenters. The number of carbonyl (C=O) groups is 3. The number of ether oxygens (including phenoxy) is 1. The first kappa shape index (κ1) is 25.0. The zero-order valence-electron chi connectivity index (χ0n) is 20.1. The molecule has 0 fully saturated rings. The summed E-state index contributed by atoms with van der Waals surface area (Å²) in [4.78, 5) is 43.6. The van der Waals surface area contributed by atoms with Crippen molar-refractivity contribution in [2.75, 3.05) is 11.9 Å². The van der Waals surface area contributed by atoms with Gasteiger partial charge in [0.1, 0.15) is 0 Å². The summed E-state index contributed by atoms with van der Waals surface area (Å²) in [5.74, 6) is -1.44. The van der Waals surface area contributed by atoms with E-state index in [1.54, 1.807) is 54.6 Å². The highest BCUT2D eigenvalue weighted by atomic mass is 79.9. The van der Waals surface area contributed by atoms with Crippen LogP contribution < -0.4 is 5.32 Å². The van der Waals surface area contributed by atoms with Crippen LogP contribution >= 0.6 is 15.9 Å². The van der Waals surface area contributed by atoms with Gasteiger partial charge < -0.3 is 10.1 Å². The predicted octanol–water partition coefficient (Wildman–Crippen LogP) is 6.96. The molecule has 0 spiro atoms. The average molecular weight is 565 g/mol. The van der Waals surface area contributed by atoms with Crippen LogP contribution in [0.25, 0.3) is 22.2 Å². The molecule has 7 heteroatoms. The van der Waals surface area contributed by atoms with Gasteiger partial charge in [0.25, 0.3) is 5.91 Å². The lowest BCUT2D eigenvalue weighted by Crippen LogP contribution is -2.18. The van der Waals surface area contributed by atoms with Crippen molar-refractivity contribution in [2.45, 2.75) is 0 Å². The number of nitrogens with one attached hydrogen (secondary N) is 1. The van der Waals surface area contributed by atoms with Gasteiger partial charge in [0.2, 0.25) is 0 Å². The van der Waals surface area contributed by atoms with Gasteiger partial charge in [0.05, 0.1) is 28.0 Å². The fraction of sp³-hybridized carbons (Fsp3) is 0.0323. The fourth-order valence-electron chi connectivity index (χ4n) is 4.01. The lowest BCUT2D eigenvalue weighted by molar-refractivity contribution is 0.0475. The fourth-order valence-corrected chi connectivity index (χ4v) is 4.27. The van der Waals surface area contributed by atoms with Crippen LogP contribution in [0.3, 0.4) is 0 Å². The third kappa shape index (κ3) is 5.53. The van der Waals surface area contributed by atoms with Gasteiger partial charge in [0.15, 0.2) is 12.4 Å². The largest absolute Gasteiger partial charge is 0.454 e. The van der Waals surface area contributed by atoms with E-state index < -0.39 is 18.5 Å². The second kappa shape index (κ2) is 11.2. The quantitative estimate of drug-likeness (QED) is 0.170. The van der Waals surface area contributed by atoms with Crippen molar-refractivity contribution in [3.05, 3.63) is 130 Å². The van der Waals surface area contributed by atoms with Crippen molar-refractivity contribution < 1.29 is 19.1 Å². The zero-order chi connectivity index (χ0) is 26.5. The van der Waals surface area contributed by atoms with E-state index in [9.17, 15) is 14.4 Å². The van der Waals surface area contributed by atoms with Crippen molar-refractivity contribution in [1.82, 2.24) is 4.98 Å². The number of benzene rings is 4. The Hall–Kier alpha value is -4.62. The molecule has 38 heavy (non-hydrogen) atoms. The molecule has 0 radical (unpaired) electrons. The molecule has 1 aromatic heterocycles. The number of rotatable bonds is 7. The number of ketones is 1. The van der Waals surface area contributed by atoms with E-state index in [1.165, 1.54) is 0 Å². The van der Waals surface area contributed by atoms with Crippen LogP contribution in [0.15, 0.2) is 114 Å². The molecule has 4 aromatic carbocycles. The van der Waals surface area contributed by atoms with E-state index in [2.05, 4.69) is 21.2 Å². The summed E-state index contributed by atoms with van der Waals surface area (Å²) in [7, 11) is 0. The lowest BCUT2D eigenvalue weighted by Gasteiger charge is -2.13. The molecule has 0 bridgehead atoms. The van der Waals surface area contributed by atoms with E-state index in [4.69, 9.17) is 9.72 Å². The van der Waals surface area contributed by atoms with E-state index in [0.29, 0.717) is 27.7 Å². The van der Waals surface area contributed by atoms with Crippen molar-refractivity contribution in [1.29, 1.82) is 0 Å². The van der Waals surface area contributed by atoms with Crippen LogP contribution in [-0.2, 0) is 4.74 Å². The molecule has 0 saturated heterocycles. The number of esters is 1. The second-order valence-corrected chi connectivity index (χ2v) is 9.36. The van der Waals surface area contributed by atoms with Crippen molar-refractivity contribution >= 4 is 50.2 Å². The van der Waals surface area contributed by atoms with Crippen LogP contribution in [0, 0.1) is 0 Å². The Bertz CT molecular complexity index is 1650. The van der Waals surface area contributed by atoms with E-state index in [1.807, 2.05) is 54.6 Å². The van der Waals surface area contributed by atoms with Crippen molar-refractivity contribution in [2.24, 2.45) is 0 Å². The maximum atomic E-state index is 13.5. The molecule has 0 aliphatic heterocycles. The van der Waals surface area contributed by atoms with E-state index in [0.717, 1.165) is 10.0 Å². The summed E-state index contributed by atoms with van der Waals surface area (Å²) in [6, 6.07) is 32.1. The van der Waals surface area contributed by atoms with Crippen LogP contribution in [0.4, 0.5) is 5.69 Å². The predicted molar refractivity (Wildman–Crippen MR) is 150 cm³/mol. The summed E-state index contributed by atoms with van der Waals surface area (Å²) in [5.41, 5.74) is 3.50. The Morgan fingerprint density at radius 2 is 1.45 bits per heavy atom. The molecule has 186 valence electrons. The van der Waals surface area contributed by atoms with Crippen molar-refractivity contribution in [3.63, 3.8) is 0 Å². The van der Waals surface area contributed by atoms with Gasteiger partial charge in [-0.2, -0.15) is 0 Å². The number of nitrogens with zero attached hydrogens (tertiary/aromatic N) is 1. The van der Waals surface area contributed by atoms with Crippen LogP contribution in [0.1, 0.15) is 31.1 Å². The van der Waals surface area contributed by atoms with Crippen LogP contribution in [0.2, 0.25) is 0 Å². The summed E-state index contributed by atoms with van der Waals surface area (Å²) in [6.07, 6.45) is 0. The van der Waals surface area contributed by atoms with Gasteiger partial charge in [-0.1, -0.05) is 88.7 Å². The molecule has 5 rings (SSSR count). The molecule has 1 heterocycles. The minimum Gasteiger partial charge on any atom is -0.454 e. The molecular formula is C31H21BrN2O4. The molecular weight excluding hydrogens is 544 g/mol. The maximum absolute atomic E-state index is 13.5. The van der Waals surface area contributed by atoms with Gasteiger partial charge in [-0.3, -0.25) is 9.59 Å². The summed E-state index contributed by atoms with van der Waals surface area (Å²) in [6.45, 7) is -0.418. The number of hydrogen-bond donors (Lipinski definition) is 1. The number of fused-ring (bicyclic) bond motifs is 1. The number of carbonyl (C=O) groups excluding carboxylic acids is 3. The minimum atomic E-state index is -0.712. The first-order chi connectivity index (χ1) is 18.5. The molecule has 0 aliphatic rings. The number of anilines is 1. The highest BCUT2D eigenvalue weighted by Crippen LogP contribution is 2.26. The number of para-hydroxylation sites is 2.